The Morgan fingerprint density at radius 3 is 2.65 bits per heavy atom. The number of hydrogen-bond acceptors (Lipinski definition) is 2. The molecule has 26 heavy (non-hydrogen) atoms. The third-order valence-electron chi connectivity index (χ3n) is 5.92. The van der Waals surface area contributed by atoms with Gasteiger partial charge >= 0.3 is 6.09 Å². The molecule has 1 amide bonds. The van der Waals surface area contributed by atoms with Crippen LogP contribution in [0.4, 0.5) is 9.18 Å². The zero-order valence-corrected chi connectivity index (χ0v) is 14.7. The molecule has 1 aliphatic carbocycles. The number of quaternary nitrogens is 1. The number of carbonyl (C=O) groups excluding carboxylic acids is 1. The smallest absolute Gasteiger partial charge is 0.407 e. The van der Waals surface area contributed by atoms with Crippen LogP contribution in [0.15, 0.2) is 54.6 Å². The number of ether oxygens (including phenoxy) is 1. The van der Waals surface area contributed by atoms with Gasteiger partial charge in [-0.15, -0.1) is 0 Å². The molecule has 3 atom stereocenters. The van der Waals surface area contributed by atoms with E-state index in [1.54, 1.807) is 6.07 Å². The second kappa shape index (κ2) is 7.08. The average molecular weight is 355 g/mol. The molecule has 1 aliphatic heterocycles. The maximum Gasteiger partial charge on any atom is 0.407 e. The van der Waals surface area contributed by atoms with Crippen LogP contribution < -0.4 is 10.6 Å². The fraction of sp³-hybridized carbons (Fsp3) is 0.381. The van der Waals surface area contributed by atoms with Gasteiger partial charge in [0.2, 0.25) is 0 Å². The Balaban J connectivity index is 1.43. The van der Waals surface area contributed by atoms with Crippen LogP contribution in [0.3, 0.4) is 0 Å². The molecule has 2 fully saturated rings. The van der Waals surface area contributed by atoms with E-state index in [9.17, 15) is 9.18 Å². The van der Waals surface area contributed by atoms with Crippen LogP contribution in [0.25, 0.3) is 0 Å². The van der Waals surface area contributed by atoms with Crippen molar-refractivity contribution in [2.45, 2.75) is 18.4 Å². The standard InChI is InChI=1S/C21H23FN2O2/c22-19-9-5-4-8-17(19)21(16-10-11-23-12-18(16)21)14-24-20(25)26-13-15-6-2-1-3-7-15/h1-9,16,18,23H,10-14H2,(H,24,25)/p+1. The fourth-order valence-electron chi connectivity index (χ4n) is 4.62. The van der Waals surface area contributed by atoms with Gasteiger partial charge in [0.05, 0.1) is 13.1 Å². The molecule has 0 spiro atoms. The molecule has 0 radical (unpaired) electrons. The lowest BCUT2D eigenvalue weighted by Crippen LogP contribution is -2.86. The summed E-state index contributed by atoms with van der Waals surface area (Å²) in [7, 11) is 0. The number of carbonyl (C=O) groups is 1. The first-order valence-corrected chi connectivity index (χ1v) is 9.23. The highest BCUT2D eigenvalue weighted by Gasteiger charge is 2.67. The van der Waals surface area contributed by atoms with E-state index in [4.69, 9.17) is 4.74 Å². The molecular formula is C21H24FN2O2+. The number of fused-ring (bicyclic) bond motifs is 1. The highest BCUT2D eigenvalue weighted by molar-refractivity contribution is 5.67. The number of piperidine rings is 1. The molecule has 1 heterocycles. The van der Waals surface area contributed by atoms with Gasteiger partial charge in [0.25, 0.3) is 0 Å². The SMILES string of the molecule is O=C(NCC1(c2ccccc2F)C2CC[NH2+]CC21)OCc1ccccc1. The Morgan fingerprint density at radius 2 is 1.92 bits per heavy atom. The van der Waals surface area contributed by atoms with Gasteiger partial charge in [0, 0.05) is 24.3 Å². The van der Waals surface area contributed by atoms with Gasteiger partial charge in [0.15, 0.2) is 0 Å². The number of amides is 1. The second-order valence-corrected chi connectivity index (χ2v) is 7.25. The summed E-state index contributed by atoms with van der Waals surface area (Å²) in [5.41, 5.74) is 1.37. The van der Waals surface area contributed by atoms with Gasteiger partial charge in [-0.05, 0) is 23.1 Å². The number of nitrogens with one attached hydrogen (secondary N) is 1. The number of halogens is 1. The minimum atomic E-state index is -0.447. The van der Waals surface area contributed by atoms with E-state index in [0.717, 1.165) is 30.6 Å². The maximum absolute atomic E-state index is 14.5. The van der Waals surface area contributed by atoms with Crippen molar-refractivity contribution >= 4 is 6.09 Å². The fourth-order valence-corrected chi connectivity index (χ4v) is 4.62. The lowest BCUT2D eigenvalue weighted by molar-refractivity contribution is -0.664. The molecule has 2 aliphatic rings. The van der Waals surface area contributed by atoms with Crippen molar-refractivity contribution in [1.82, 2.24) is 5.32 Å². The van der Waals surface area contributed by atoms with Crippen molar-refractivity contribution < 1.29 is 19.2 Å². The monoisotopic (exact) mass is 355 g/mol. The van der Waals surface area contributed by atoms with Gasteiger partial charge in [0.1, 0.15) is 12.4 Å². The summed E-state index contributed by atoms with van der Waals surface area (Å²) in [6.07, 6.45) is 0.608. The van der Waals surface area contributed by atoms with E-state index in [-0.39, 0.29) is 17.8 Å². The van der Waals surface area contributed by atoms with Gasteiger partial charge in [-0.1, -0.05) is 48.5 Å². The molecule has 3 unspecified atom stereocenters. The summed E-state index contributed by atoms with van der Waals surface area (Å²) in [6, 6.07) is 16.5. The summed E-state index contributed by atoms with van der Waals surface area (Å²) in [4.78, 5) is 12.2. The molecule has 0 bridgehead atoms. The third kappa shape index (κ3) is 3.07. The quantitative estimate of drug-likeness (QED) is 0.864. The first kappa shape index (κ1) is 17.0. The summed E-state index contributed by atoms with van der Waals surface area (Å²) in [6.45, 7) is 2.71. The minimum Gasteiger partial charge on any atom is -0.445 e. The highest BCUT2D eigenvalue weighted by atomic mass is 19.1. The van der Waals surface area contributed by atoms with E-state index in [1.165, 1.54) is 6.07 Å². The Labute approximate surface area is 152 Å². The summed E-state index contributed by atoms with van der Waals surface area (Å²) in [5, 5.41) is 5.19. The predicted octanol–water partition coefficient (Wildman–Crippen LogP) is 2.20. The first-order chi connectivity index (χ1) is 12.7. The van der Waals surface area contributed by atoms with E-state index in [0.29, 0.717) is 18.4 Å². The molecule has 4 nitrogen and oxygen atoms in total. The van der Waals surface area contributed by atoms with Crippen molar-refractivity contribution in [2.24, 2.45) is 11.8 Å². The molecule has 3 N–H and O–H groups in total. The van der Waals surface area contributed by atoms with Crippen LogP contribution in [0.2, 0.25) is 0 Å². The van der Waals surface area contributed by atoms with Crippen LogP contribution in [0, 0.1) is 17.7 Å². The Bertz CT molecular complexity index is 769. The first-order valence-electron chi connectivity index (χ1n) is 9.23. The number of nitrogens with two attached hydrogens (primary N) is 1. The zero-order chi connectivity index (χ0) is 18.0. The van der Waals surface area contributed by atoms with E-state index in [2.05, 4.69) is 10.6 Å². The Hall–Kier alpha value is -2.40. The second-order valence-electron chi connectivity index (χ2n) is 7.25. The molecule has 5 heteroatoms. The van der Waals surface area contributed by atoms with Crippen LogP contribution in [0.5, 0.6) is 0 Å². The molecule has 1 saturated heterocycles. The number of alkyl carbamates (subject to hydrolysis) is 1. The Morgan fingerprint density at radius 1 is 1.15 bits per heavy atom. The van der Waals surface area contributed by atoms with Gasteiger partial charge in [-0.3, -0.25) is 0 Å². The van der Waals surface area contributed by atoms with Crippen molar-refractivity contribution in [3.05, 3.63) is 71.5 Å². The summed E-state index contributed by atoms with van der Waals surface area (Å²) in [5.74, 6) is 0.655. The number of rotatable bonds is 5. The predicted molar refractivity (Wildman–Crippen MR) is 96.0 cm³/mol. The number of benzene rings is 2. The van der Waals surface area contributed by atoms with Crippen LogP contribution in [-0.4, -0.2) is 25.7 Å². The largest absolute Gasteiger partial charge is 0.445 e. The van der Waals surface area contributed by atoms with Crippen molar-refractivity contribution in [1.29, 1.82) is 0 Å². The lowest BCUT2D eigenvalue weighted by atomic mass is 9.90. The topological polar surface area (TPSA) is 54.9 Å². The van der Waals surface area contributed by atoms with Crippen molar-refractivity contribution in [3.63, 3.8) is 0 Å². The molecular weight excluding hydrogens is 331 g/mol. The van der Waals surface area contributed by atoms with E-state index < -0.39 is 6.09 Å². The molecule has 0 aromatic heterocycles. The van der Waals surface area contributed by atoms with E-state index in [1.807, 2.05) is 42.5 Å². The van der Waals surface area contributed by atoms with Crippen LogP contribution in [0.1, 0.15) is 17.5 Å². The molecule has 2 aromatic carbocycles. The van der Waals surface area contributed by atoms with Crippen molar-refractivity contribution in [2.75, 3.05) is 19.6 Å². The molecule has 4 rings (SSSR count). The van der Waals surface area contributed by atoms with Crippen LogP contribution >= 0.6 is 0 Å². The summed E-state index contributed by atoms with van der Waals surface area (Å²) >= 11 is 0. The van der Waals surface area contributed by atoms with Crippen molar-refractivity contribution in [3.8, 4) is 0 Å². The third-order valence-corrected chi connectivity index (χ3v) is 5.92. The van der Waals surface area contributed by atoms with E-state index >= 15 is 0 Å². The number of hydrogen-bond donors (Lipinski definition) is 2. The minimum absolute atomic E-state index is 0.179. The Kier molecular flexibility index (Phi) is 4.64. The maximum atomic E-state index is 14.5. The molecule has 136 valence electrons. The summed E-state index contributed by atoms with van der Waals surface area (Å²) < 4.78 is 19.8. The molecule has 2 aromatic rings. The molecule has 1 saturated carbocycles. The van der Waals surface area contributed by atoms with Crippen LogP contribution in [-0.2, 0) is 16.8 Å². The van der Waals surface area contributed by atoms with Gasteiger partial charge in [-0.25, -0.2) is 9.18 Å². The van der Waals surface area contributed by atoms with Gasteiger partial charge < -0.3 is 15.4 Å². The van der Waals surface area contributed by atoms with Gasteiger partial charge in [-0.2, -0.15) is 0 Å². The lowest BCUT2D eigenvalue weighted by Gasteiger charge is -2.20. The highest BCUT2D eigenvalue weighted by Crippen LogP contribution is 2.61. The average Bonchev–Trinajstić information content (AvgIpc) is 3.34. The zero-order valence-electron chi connectivity index (χ0n) is 14.7. The normalized spacial score (nSPS) is 26.7.